The standard InChI is InChI=1S/C20H23NO6/c1-6-25-16(23)11(2)21-13-10-8-7-9-12(13)20(17(21)24)15-14(22)18(3,4)19(5,26-15)27-20/h7-11,15H,6H2,1-5H3/t11?,15-,19-,20+/m1/s1. The molecule has 1 amide bonds. The van der Waals surface area contributed by atoms with Gasteiger partial charge in [0.2, 0.25) is 5.60 Å². The van der Waals surface area contributed by atoms with E-state index in [1.54, 1.807) is 58.9 Å². The van der Waals surface area contributed by atoms with Crippen molar-refractivity contribution >= 4 is 23.3 Å². The van der Waals surface area contributed by atoms with Crippen LogP contribution in [0.2, 0.25) is 0 Å². The first-order valence-corrected chi connectivity index (χ1v) is 9.14. The molecule has 1 aromatic carbocycles. The Morgan fingerprint density at radius 1 is 1.26 bits per heavy atom. The van der Waals surface area contributed by atoms with E-state index in [2.05, 4.69) is 0 Å². The topological polar surface area (TPSA) is 82.1 Å². The Hall–Kier alpha value is -2.25. The lowest BCUT2D eigenvalue weighted by molar-refractivity contribution is -0.222. The van der Waals surface area contributed by atoms with Gasteiger partial charge in [0.15, 0.2) is 17.7 Å². The van der Waals surface area contributed by atoms with E-state index in [1.807, 2.05) is 0 Å². The molecule has 1 spiro atoms. The normalized spacial score (nSPS) is 34.3. The fourth-order valence-corrected chi connectivity index (χ4v) is 4.26. The van der Waals surface area contributed by atoms with Gasteiger partial charge in [-0.2, -0.15) is 0 Å². The van der Waals surface area contributed by atoms with E-state index >= 15 is 0 Å². The lowest BCUT2D eigenvalue weighted by Crippen LogP contribution is -2.59. The maximum absolute atomic E-state index is 13.6. The second kappa shape index (κ2) is 5.39. The van der Waals surface area contributed by atoms with Gasteiger partial charge in [0.05, 0.1) is 17.7 Å². The highest BCUT2D eigenvalue weighted by Gasteiger charge is 2.78. The highest BCUT2D eigenvalue weighted by molar-refractivity contribution is 6.14. The number of ether oxygens (including phenoxy) is 3. The Labute approximate surface area is 157 Å². The molecule has 0 saturated carbocycles. The smallest absolute Gasteiger partial charge is 0.328 e. The Bertz CT molecular complexity index is 864. The van der Waals surface area contributed by atoms with Gasteiger partial charge < -0.3 is 14.2 Å². The van der Waals surface area contributed by atoms with Crippen LogP contribution in [0.4, 0.5) is 5.69 Å². The van der Waals surface area contributed by atoms with Gasteiger partial charge in [0.1, 0.15) is 6.04 Å². The van der Waals surface area contributed by atoms with Crippen molar-refractivity contribution in [3.05, 3.63) is 29.8 Å². The molecule has 2 saturated heterocycles. The summed E-state index contributed by atoms with van der Waals surface area (Å²) in [7, 11) is 0. The minimum Gasteiger partial charge on any atom is -0.464 e. The highest BCUT2D eigenvalue weighted by Crippen LogP contribution is 2.62. The molecule has 3 aliphatic rings. The third-order valence-corrected chi connectivity index (χ3v) is 6.17. The van der Waals surface area contributed by atoms with Crippen LogP contribution in [0.1, 0.15) is 40.2 Å². The molecular weight excluding hydrogens is 350 g/mol. The molecule has 1 unspecified atom stereocenters. The first-order chi connectivity index (χ1) is 12.6. The number of Topliss-reactive ketones (excluding diaryl/α,β-unsaturated/α-hetero) is 1. The van der Waals surface area contributed by atoms with Crippen LogP contribution in [-0.4, -0.2) is 42.2 Å². The number of rotatable bonds is 3. The summed E-state index contributed by atoms with van der Waals surface area (Å²) in [5, 5.41) is 0. The number of nitrogens with zero attached hydrogens (tertiary/aromatic N) is 1. The van der Waals surface area contributed by atoms with Crippen molar-refractivity contribution in [1.29, 1.82) is 0 Å². The van der Waals surface area contributed by atoms with Gasteiger partial charge >= 0.3 is 5.97 Å². The predicted molar refractivity (Wildman–Crippen MR) is 94.9 cm³/mol. The second-order valence-electron chi connectivity index (χ2n) is 7.89. The van der Waals surface area contributed by atoms with Crippen molar-refractivity contribution in [2.75, 3.05) is 11.5 Å². The zero-order chi connectivity index (χ0) is 19.8. The molecule has 0 N–H and O–H groups in total. The van der Waals surface area contributed by atoms with Gasteiger partial charge in [-0.25, -0.2) is 4.79 Å². The molecule has 3 aliphatic heterocycles. The third-order valence-electron chi connectivity index (χ3n) is 6.17. The quantitative estimate of drug-likeness (QED) is 0.753. The molecule has 7 heteroatoms. The van der Waals surface area contributed by atoms with Crippen LogP contribution >= 0.6 is 0 Å². The molecule has 2 fully saturated rings. The number of ketones is 1. The molecule has 0 radical (unpaired) electrons. The fourth-order valence-electron chi connectivity index (χ4n) is 4.26. The van der Waals surface area contributed by atoms with Crippen molar-refractivity contribution in [2.45, 2.75) is 58.2 Å². The zero-order valence-electron chi connectivity index (χ0n) is 16.1. The van der Waals surface area contributed by atoms with Crippen molar-refractivity contribution in [3.63, 3.8) is 0 Å². The number of carbonyl (C=O) groups is 3. The van der Waals surface area contributed by atoms with Gasteiger partial charge in [-0.15, -0.1) is 0 Å². The summed E-state index contributed by atoms with van der Waals surface area (Å²) in [6.07, 6.45) is -1.05. The fraction of sp³-hybridized carbons (Fsp3) is 0.550. The van der Waals surface area contributed by atoms with E-state index in [0.29, 0.717) is 11.3 Å². The van der Waals surface area contributed by atoms with Crippen LogP contribution in [0.3, 0.4) is 0 Å². The Morgan fingerprint density at radius 3 is 2.52 bits per heavy atom. The number of carbonyl (C=O) groups excluding carboxylic acids is 3. The van der Waals surface area contributed by atoms with E-state index in [1.165, 1.54) is 4.90 Å². The SMILES string of the molecule is CCOC(=O)C(C)N1C(=O)[C@]2(O[C@@]3(C)O[C@@H]2C(=O)C3(C)C)c2ccccc21. The lowest BCUT2D eigenvalue weighted by atomic mass is 9.73. The summed E-state index contributed by atoms with van der Waals surface area (Å²) < 4.78 is 17.3. The summed E-state index contributed by atoms with van der Waals surface area (Å²) >= 11 is 0. The van der Waals surface area contributed by atoms with E-state index < -0.39 is 40.8 Å². The maximum Gasteiger partial charge on any atom is 0.328 e. The molecule has 144 valence electrons. The molecule has 1 aromatic rings. The van der Waals surface area contributed by atoms with Crippen molar-refractivity contribution < 1.29 is 28.6 Å². The number of amides is 1. The molecule has 4 rings (SSSR count). The zero-order valence-corrected chi connectivity index (χ0v) is 16.1. The van der Waals surface area contributed by atoms with E-state index in [0.717, 1.165) is 0 Å². The minimum absolute atomic E-state index is 0.176. The van der Waals surface area contributed by atoms with Crippen LogP contribution < -0.4 is 4.90 Å². The molecule has 3 heterocycles. The second-order valence-corrected chi connectivity index (χ2v) is 7.89. The monoisotopic (exact) mass is 373 g/mol. The molecule has 4 atom stereocenters. The summed E-state index contributed by atoms with van der Waals surface area (Å²) in [6, 6.07) is 6.19. The molecule has 7 nitrogen and oxygen atoms in total. The van der Waals surface area contributed by atoms with Crippen LogP contribution in [-0.2, 0) is 34.2 Å². The largest absolute Gasteiger partial charge is 0.464 e. The molecule has 0 aliphatic carbocycles. The molecule has 2 bridgehead atoms. The summed E-state index contributed by atoms with van der Waals surface area (Å²) in [6.45, 7) is 8.73. The van der Waals surface area contributed by atoms with E-state index in [-0.39, 0.29) is 12.4 Å². The summed E-state index contributed by atoms with van der Waals surface area (Å²) in [5.41, 5.74) is -1.37. The number of fused-ring (bicyclic) bond motifs is 5. The third kappa shape index (κ3) is 1.96. The molecule has 27 heavy (non-hydrogen) atoms. The average molecular weight is 373 g/mol. The number of benzene rings is 1. The number of para-hydroxylation sites is 1. The van der Waals surface area contributed by atoms with Gasteiger partial charge in [0.25, 0.3) is 5.91 Å². The van der Waals surface area contributed by atoms with Crippen LogP contribution in [0.5, 0.6) is 0 Å². The number of hydrogen-bond acceptors (Lipinski definition) is 6. The first-order valence-electron chi connectivity index (χ1n) is 9.14. The lowest BCUT2D eigenvalue weighted by Gasteiger charge is -2.40. The molecular formula is C20H23NO6. The summed E-state index contributed by atoms with van der Waals surface area (Å²) in [4.78, 5) is 40.3. The maximum atomic E-state index is 13.6. The van der Waals surface area contributed by atoms with Crippen LogP contribution in [0.25, 0.3) is 0 Å². The van der Waals surface area contributed by atoms with Crippen molar-refractivity contribution in [1.82, 2.24) is 0 Å². The van der Waals surface area contributed by atoms with Crippen LogP contribution in [0.15, 0.2) is 24.3 Å². The predicted octanol–water partition coefficient (Wildman–Crippen LogP) is 1.92. The highest BCUT2D eigenvalue weighted by atomic mass is 16.8. The Kier molecular flexibility index (Phi) is 3.62. The van der Waals surface area contributed by atoms with E-state index in [4.69, 9.17) is 14.2 Å². The van der Waals surface area contributed by atoms with E-state index in [9.17, 15) is 14.4 Å². The number of anilines is 1. The Morgan fingerprint density at radius 2 is 1.93 bits per heavy atom. The van der Waals surface area contributed by atoms with Crippen molar-refractivity contribution in [3.8, 4) is 0 Å². The van der Waals surface area contributed by atoms with Crippen LogP contribution in [0, 0.1) is 5.41 Å². The minimum atomic E-state index is -1.57. The summed E-state index contributed by atoms with van der Waals surface area (Å²) in [5.74, 6) is -2.38. The molecule has 0 aromatic heterocycles. The average Bonchev–Trinajstić information content (AvgIpc) is 3.14. The van der Waals surface area contributed by atoms with Gasteiger partial charge in [0, 0.05) is 5.56 Å². The first kappa shape index (κ1) is 18.1. The Balaban J connectivity index is 1.85. The van der Waals surface area contributed by atoms with Gasteiger partial charge in [-0.1, -0.05) is 18.2 Å². The number of hydrogen-bond donors (Lipinski definition) is 0. The van der Waals surface area contributed by atoms with Crippen molar-refractivity contribution in [2.24, 2.45) is 5.41 Å². The van der Waals surface area contributed by atoms with Gasteiger partial charge in [-0.05, 0) is 40.7 Å². The van der Waals surface area contributed by atoms with Gasteiger partial charge in [-0.3, -0.25) is 14.5 Å². The number of esters is 1.